The summed E-state index contributed by atoms with van der Waals surface area (Å²) in [5, 5.41) is 1.45. The summed E-state index contributed by atoms with van der Waals surface area (Å²) in [6.07, 6.45) is 1.79. The van der Waals surface area contributed by atoms with E-state index in [9.17, 15) is 14.4 Å². The Hall–Kier alpha value is -3.74. The van der Waals surface area contributed by atoms with Crippen molar-refractivity contribution in [1.82, 2.24) is 19.0 Å². The average Bonchev–Trinajstić information content (AvgIpc) is 3.11. The lowest BCUT2D eigenvalue weighted by Gasteiger charge is -2.33. The van der Waals surface area contributed by atoms with Crippen molar-refractivity contribution in [2.75, 3.05) is 0 Å². The summed E-state index contributed by atoms with van der Waals surface area (Å²) in [4.78, 5) is 44.5. The molecule has 7 nitrogen and oxygen atoms in total. The number of nitrogens with zero attached hydrogens (tertiary/aromatic N) is 4. The van der Waals surface area contributed by atoms with Gasteiger partial charge in [-0.05, 0) is 30.7 Å². The molecule has 0 bridgehead atoms. The molecule has 0 N–H and O–H groups in total. The highest BCUT2D eigenvalue weighted by atomic mass is 16.2. The Kier molecular flexibility index (Phi) is 4.06. The smallest absolute Gasteiger partial charge is 0.262 e. The molecule has 1 amide bonds. The second-order valence-electron chi connectivity index (χ2n) is 7.65. The van der Waals surface area contributed by atoms with E-state index in [2.05, 4.69) is 4.98 Å². The van der Waals surface area contributed by atoms with Crippen molar-refractivity contribution in [3.8, 4) is 0 Å². The molecule has 0 unspecified atom stereocenters. The predicted molar refractivity (Wildman–Crippen MR) is 113 cm³/mol. The van der Waals surface area contributed by atoms with Crippen molar-refractivity contribution in [2.45, 2.75) is 33.0 Å². The number of para-hydroxylation sites is 2. The van der Waals surface area contributed by atoms with Crippen LogP contribution in [0.15, 0.2) is 59.5 Å². The Morgan fingerprint density at radius 2 is 1.77 bits per heavy atom. The Morgan fingerprint density at radius 1 is 1.07 bits per heavy atom. The highest BCUT2D eigenvalue weighted by Gasteiger charge is 2.32. The van der Waals surface area contributed by atoms with Crippen molar-refractivity contribution in [3.63, 3.8) is 0 Å². The fraction of sp³-hybridized carbons (Fsp3) is 0.217. The van der Waals surface area contributed by atoms with E-state index in [1.807, 2.05) is 36.4 Å². The van der Waals surface area contributed by atoms with Crippen LogP contribution in [0, 0.1) is 0 Å². The Bertz CT molecular complexity index is 1400. The fourth-order valence-corrected chi connectivity index (χ4v) is 4.30. The monoisotopic (exact) mass is 400 g/mol. The zero-order valence-electron chi connectivity index (χ0n) is 16.7. The summed E-state index contributed by atoms with van der Waals surface area (Å²) in [5.74, 6) is 0.350. The van der Waals surface area contributed by atoms with Gasteiger partial charge in [0.05, 0.1) is 23.0 Å². The number of rotatable bonds is 2. The third-order valence-electron chi connectivity index (χ3n) is 5.76. The van der Waals surface area contributed by atoms with Crippen LogP contribution in [0.4, 0.5) is 0 Å². The predicted octanol–water partition coefficient (Wildman–Crippen LogP) is 3.11. The highest BCUT2D eigenvalue weighted by Crippen LogP contribution is 2.27. The van der Waals surface area contributed by atoms with Gasteiger partial charge in [-0.3, -0.25) is 23.5 Å². The number of hydrogen-bond donors (Lipinski definition) is 0. The van der Waals surface area contributed by atoms with Gasteiger partial charge in [0.25, 0.3) is 5.56 Å². The summed E-state index contributed by atoms with van der Waals surface area (Å²) < 4.78 is 3.10. The first-order valence-corrected chi connectivity index (χ1v) is 9.84. The molecule has 0 radical (unpaired) electrons. The topological polar surface area (TPSA) is 77.2 Å². The zero-order valence-corrected chi connectivity index (χ0v) is 16.7. The van der Waals surface area contributed by atoms with Crippen molar-refractivity contribution in [2.24, 2.45) is 0 Å². The Morgan fingerprint density at radius 3 is 2.53 bits per heavy atom. The van der Waals surface area contributed by atoms with Gasteiger partial charge in [0.15, 0.2) is 0 Å². The number of carbonyl (C=O) groups is 2. The van der Waals surface area contributed by atoms with Crippen LogP contribution in [0.3, 0.4) is 0 Å². The summed E-state index contributed by atoms with van der Waals surface area (Å²) in [5.41, 5.74) is 2.14. The molecule has 7 heteroatoms. The minimum absolute atomic E-state index is 0.0826. The number of benzene rings is 2. The second kappa shape index (κ2) is 6.66. The Labute approximate surface area is 172 Å². The minimum Gasteiger partial charge on any atom is -0.329 e. The maximum atomic E-state index is 13.1. The van der Waals surface area contributed by atoms with E-state index >= 15 is 0 Å². The normalized spacial score (nSPS) is 16.3. The molecule has 1 aliphatic rings. The molecule has 0 spiro atoms. The molecule has 0 fully saturated rings. The third-order valence-corrected chi connectivity index (χ3v) is 5.76. The van der Waals surface area contributed by atoms with Crippen molar-refractivity contribution < 1.29 is 9.59 Å². The van der Waals surface area contributed by atoms with Crippen LogP contribution in [0.1, 0.15) is 36.1 Å². The first-order chi connectivity index (χ1) is 14.5. The van der Waals surface area contributed by atoms with Crippen LogP contribution in [-0.4, -0.2) is 30.8 Å². The maximum absolute atomic E-state index is 13.1. The van der Waals surface area contributed by atoms with Crippen molar-refractivity contribution >= 4 is 33.6 Å². The Balaban J connectivity index is 1.59. The van der Waals surface area contributed by atoms with Gasteiger partial charge in [0.2, 0.25) is 11.8 Å². The van der Waals surface area contributed by atoms with Gasteiger partial charge >= 0.3 is 0 Å². The van der Waals surface area contributed by atoms with E-state index in [1.165, 1.54) is 11.5 Å². The molecule has 1 aliphatic heterocycles. The van der Waals surface area contributed by atoms with Gasteiger partial charge in [-0.2, -0.15) is 0 Å². The van der Waals surface area contributed by atoms with Crippen LogP contribution in [0.5, 0.6) is 0 Å². The molecule has 0 aliphatic carbocycles. The molecular formula is C23H20N4O3. The molecule has 1 atom stereocenters. The summed E-state index contributed by atoms with van der Waals surface area (Å²) in [6, 6.07) is 14.2. The van der Waals surface area contributed by atoms with Gasteiger partial charge in [-0.25, -0.2) is 4.98 Å². The van der Waals surface area contributed by atoms with E-state index < -0.39 is 6.04 Å². The highest BCUT2D eigenvalue weighted by molar-refractivity contribution is 5.94. The van der Waals surface area contributed by atoms with Gasteiger partial charge in [0, 0.05) is 25.1 Å². The minimum atomic E-state index is -0.639. The van der Waals surface area contributed by atoms with E-state index in [0.29, 0.717) is 23.3 Å². The summed E-state index contributed by atoms with van der Waals surface area (Å²) >= 11 is 0. The molecule has 4 aromatic rings. The molecular weight excluding hydrogens is 380 g/mol. The number of carbonyl (C=O) groups excluding carboxylic acids is 2. The lowest BCUT2D eigenvalue weighted by atomic mass is 10.1. The van der Waals surface area contributed by atoms with Crippen LogP contribution in [-0.2, 0) is 17.9 Å². The second-order valence-corrected chi connectivity index (χ2v) is 7.65. The van der Waals surface area contributed by atoms with Gasteiger partial charge in [0.1, 0.15) is 11.9 Å². The van der Waals surface area contributed by atoms with Gasteiger partial charge in [-0.15, -0.1) is 0 Å². The van der Waals surface area contributed by atoms with Crippen molar-refractivity contribution in [3.05, 3.63) is 76.5 Å². The molecule has 30 heavy (non-hydrogen) atoms. The van der Waals surface area contributed by atoms with E-state index in [4.69, 9.17) is 0 Å². The first-order valence-electron chi connectivity index (χ1n) is 9.84. The van der Waals surface area contributed by atoms with Crippen molar-refractivity contribution in [1.29, 1.82) is 0 Å². The molecule has 0 saturated heterocycles. The van der Waals surface area contributed by atoms with Crippen LogP contribution >= 0.6 is 0 Å². The number of amides is 1. The molecule has 150 valence electrons. The zero-order chi connectivity index (χ0) is 21.0. The lowest BCUT2D eigenvalue weighted by molar-refractivity contribution is -0.137. The summed E-state index contributed by atoms with van der Waals surface area (Å²) in [7, 11) is 0. The molecule has 3 heterocycles. The van der Waals surface area contributed by atoms with Gasteiger partial charge in [-0.1, -0.05) is 30.3 Å². The van der Waals surface area contributed by atoms with Crippen LogP contribution < -0.4 is 5.56 Å². The van der Waals surface area contributed by atoms with E-state index in [1.54, 1.807) is 34.7 Å². The summed E-state index contributed by atoms with van der Waals surface area (Å²) in [6.45, 7) is 3.83. The SMILES string of the molecule is CC(=O)n1cc(CN2Cc3nc4ccccc4c(=O)n3[C@H](C)C2=O)c2ccccc21. The first kappa shape index (κ1) is 18.3. The number of aromatic nitrogens is 3. The standard InChI is InChI=1S/C23H20N4O3/c1-14-22(29)25(11-16-12-26(15(2)28)20-10-6-4-7-17(16)20)13-21-24-19-9-5-3-8-18(19)23(30)27(14)21/h3-10,12,14H,11,13H2,1-2H3/t14-/m1/s1. The average molecular weight is 400 g/mol. The van der Waals surface area contributed by atoms with Gasteiger partial charge < -0.3 is 4.90 Å². The maximum Gasteiger partial charge on any atom is 0.262 e. The van der Waals surface area contributed by atoms with E-state index in [0.717, 1.165) is 16.5 Å². The largest absolute Gasteiger partial charge is 0.329 e. The quantitative estimate of drug-likeness (QED) is 0.518. The fourth-order valence-electron chi connectivity index (χ4n) is 4.30. The van der Waals surface area contributed by atoms with E-state index in [-0.39, 0.29) is 23.9 Å². The molecule has 2 aromatic carbocycles. The number of fused-ring (bicyclic) bond motifs is 3. The van der Waals surface area contributed by atoms with Crippen LogP contribution in [0.2, 0.25) is 0 Å². The molecule has 0 saturated carbocycles. The van der Waals surface area contributed by atoms with Crippen LogP contribution in [0.25, 0.3) is 21.8 Å². The number of hydrogen-bond acceptors (Lipinski definition) is 4. The molecule has 5 rings (SSSR count). The third kappa shape index (κ3) is 2.66. The lowest BCUT2D eigenvalue weighted by Crippen LogP contribution is -2.46. The molecule has 2 aromatic heterocycles.